The van der Waals surface area contributed by atoms with E-state index < -0.39 is 0 Å². The molecule has 0 radical (unpaired) electrons. The van der Waals surface area contributed by atoms with Gasteiger partial charge in [-0.15, -0.1) is 21.5 Å². The van der Waals surface area contributed by atoms with Gasteiger partial charge in [0.15, 0.2) is 0 Å². The Morgan fingerprint density at radius 3 is 2.89 bits per heavy atom. The van der Waals surface area contributed by atoms with Gasteiger partial charge in [-0.2, -0.15) is 0 Å². The number of piperidine rings is 1. The number of carbonyl (C=O) groups is 1. The molecule has 8 heteroatoms. The summed E-state index contributed by atoms with van der Waals surface area (Å²) in [5, 5.41) is 11.0. The average molecular weight is 383 g/mol. The van der Waals surface area contributed by atoms with Gasteiger partial charge in [0, 0.05) is 55.7 Å². The van der Waals surface area contributed by atoms with Crippen molar-refractivity contribution in [1.82, 2.24) is 25.1 Å². The summed E-state index contributed by atoms with van der Waals surface area (Å²) >= 11 is 1.59. The molecule has 27 heavy (non-hydrogen) atoms. The predicted octanol–water partition coefficient (Wildman–Crippen LogP) is 3.24. The molecule has 7 nitrogen and oxygen atoms in total. The fourth-order valence-electron chi connectivity index (χ4n) is 3.29. The Morgan fingerprint density at radius 2 is 2.19 bits per heavy atom. The third-order valence-electron chi connectivity index (χ3n) is 4.79. The molecule has 0 spiro atoms. The van der Waals surface area contributed by atoms with E-state index in [9.17, 15) is 4.79 Å². The van der Waals surface area contributed by atoms with Crippen LogP contribution in [0.4, 0.5) is 0 Å². The first-order valence-electron chi connectivity index (χ1n) is 9.11. The molecular formula is C19H21N5O2S. The van der Waals surface area contributed by atoms with Gasteiger partial charge in [0.25, 0.3) is 0 Å². The normalized spacial score (nSPS) is 15.2. The second-order valence-electron chi connectivity index (χ2n) is 6.70. The van der Waals surface area contributed by atoms with E-state index in [0.717, 1.165) is 42.2 Å². The Balaban J connectivity index is 1.27. The first-order valence-corrected chi connectivity index (χ1v) is 9.99. The molecule has 0 atom stereocenters. The molecule has 0 bridgehead atoms. The fraction of sp³-hybridized carbons (Fsp3) is 0.421. The maximum atomic E-state index is 12.5. The zero-order chi connectivity index (χ0) is 18.6. The first-order chi connectivity index (χ1) is 13.2. The lowest BCUT2D eigenvalue weighted by atomic mass is 9.96. The van der Waals surface area contributed by atoms with Crippen LogP contribution >= 0.6 is 11.3 Å². The maximum Gasteiger partial charge on any atom is 0.222 e. The Kier molecular flexibility index (Phi) is 5.24. The van der Waals surface area contributed by atoms with Crippen molar-refractivity contribution in [1.29, 1.82) is 0 Å². The fourth-order valence-corrected chi connectivity index (χ4v) is 4.13. The molecule has 0 N–H and O–H groups in total. The van der Waals surface area contributed by atoms with Crippen molar-refractivity contribution < 1.29 is 9.21 Å². The lowest BCUT2D eigenvalue weighted by Gasteiger charge is -2.30. The molecule has 3 aromatic rings. The van der Waals surface area contributed by atoms with Crippen molar-refractivity contribution in [3.63, 3.8) is 0 Å². The van der Waals surface area contributed by atoms with Crippen LogP contribution in [-0.2, 0) is 11.2 Å². The van der Waals surface area contributed by atoms with Gasteiger partial charge in [0.2, 0.25) is 17.7 Å². The third kappa shape index (κ3) is 4.21. The average Bonchev–Trinajstić information content (AvgIpc) is 3.36. The van der Waals surface area contributed by atoms with Crippen molar-refractivity contribution in [2.24, 2.45) is 0 Å². The number of pyridine rings is 1. The van der Waals surface area contributed by atoms with Crippen LogP contribution in [0.2, 0.25) is 0 Å². The highest BCUT2D eigenvalue weighted by Crippen LogP contribution is 2.28. The number of likely N-dealkylation sites (tertiary alicyclic amines) is 1. The first kappa shape index (κ1) is 17.8. The van der Waals surface area contributed by atoms with E-state index in [1.165, 1.54) is 0 Å². The molecule has 0 aromatic carbocycles. The summed E-state index contributed by atoms with van der Waals surface area (Å²) in [6, 6.07) is 3.90. The number of nitrogens with zero attached hydrogens (tertiary/aromatic N) is 5. The van der Waals surface area contributed by atoms with Crippen LogP contribution in [0.15, 0.2) is 34.3 Å². The van der Waals surface area contributed by atoms with Crippen molar-refractivity contribution in [3.05, 3.63) is 47.4 Å². The van der Waals surface area contributed by atoms with Crippen LogP contribution < -0.4 is 0 Å². The highest BCUT2D eigenvalue weighted by atomic mass is 32.1. The summed E-state index contributed by atoms with van der Waals surface area (Å²) in [5.41, 5.74) is 1.97. The number of amides is 1. The predicted molar refractivity (Wildman–Crippen MR) is 101 cm³/mol. The summed E-state index contributed by atoms with van der Waals surface area (Å²) in [5.74, 6) is 1.74. The molecule has 1 fully saturated rings. The van der Waals surface area contributed by atoms with Gasteiger partial charge in [-0.1, -0.05) is 0 Å². The van der Waals surface area contributed by atoms with E-state index >= 15 is 0 Å². The van der Waals surface area contributed by atoms with Crippen molar-refractivity contribution >= 4 is 17.2 Å². The number of hydrogen-bond acceptors (Lipinski definition) is 7. The van der Waals surface area contributed by atoms with E-state index in [0.29, 0.717) is 24.6 Å². The number of carbonyl (C=O) groups excluding carboxylic acids is 1. The van der Waals surface area contributed by atoms with Crippen LogP contribution in [-0.4, -0.2) is 44.1 Å². The van der Waals surface area contributed by atoms with Gasteiger partial charge in [0.05, 0.1) is 5.69 Å². The third-order valence-corrected chi connectivity index (χ3v) is 5.73. The zero-order valence-electron chi connectivity index (χ0n) is 15.2. The summed E-state index contributed by atoms with van der Waals surface area (Å²) in [6.45, 7) is 3.28. The summed E-state index contributed by atoms with van der Waals surface area (Å²) in [6.07, 6.45) is 6.45. The largest absolute Gasteiger partial charge is 0.425 e. The van der Waals surface area contributed by atoms with Gasteiger partial charge in [-0.05, 0) is 31.4 Å². The topological polar surface area (TPSA) is 85.0 Å². The highest BCUT2D eigenvalue weighted by molar-refractivity contribution is 7.13. The molecule has 0 saturated carbocycles. The molecule has 1 aliphatic heterocycles. The van der Waals surface area contributed by atoms with E-state index in [2.05, 4.69) is 20.2 Å². The Hall–Kier alpha value is -2.61. The zero-order valence-corrected chi connectivity index (χ0v) is 16.0. The lowest BCUT2D eigenvalue weighted by Crippen LogP contribution is -2.38. The monoisotopic (exact) mass is 383 g/mol. The molecule has 4 rings (SSSR count). The molecule has 1 aliphatic rings. The standard InChI is InChI=1S/C19H21N5O2S/c1-13-22-23-18(26-13)14-6-9-24(10-7-14)17(25)5-4-16-12-27-19(21-16)15-3-2-8-20-11-15/h2-3,8,11-12,14H,4-7,9-10H2,1H3. The van der Waals surface area contributed by atoms with Crippen molar-refractivity contribution in [2.75, 3.05) is 13.1 Å². The molecule has 140 valence electrons. The van der Waals surface area contributed by atoms with Crippen LogP contribution in [0, 0.1) is 6.92 Å². The maximum absolute atomic E-state index is 12.5. The van der Waals surface area contributed by atoms with Gasteiger partial charge in [-0.3, -0.25) is 9.78 Å². The van der Waals surface area contributed by atoms with Crippen molar-refractivity contribution in [3.8, 4) is 10.6 Å². The number of aryl methyl sites for hydroxylation is 2. The van der Waals surface area contributed by atoms with Crippen LogP contribution in [0.5, 0.6) is 0 Å². The highest BCUT2D eigenvalue weighted by Gasteiger charge is 2.26. The number of rotatable bonds is 5. The second kappa shape index (κ2) is 7.96. The van der Waals surface area contributed by atoms with Gasteiger partial charge < -0.3 is 9.32 Å². The number of aromatic nitrogens is 4. The van der Waals surface area contributed by atoms with E-state index in [1.54, 1.807) is 24.5 Å². The Morgan fingerprint density at radius 1 is 1.33 bits per heavy atom. The van der Waals surface area contributed by atoms with E-state index in [4.69, 9.17) is 4.42 Å². The molecule has 0 unspecified atom stereocenters. The number of hydrogen-bond donors (Lipinski definition) is 0. The molecule has 1 saturated heterocycles. The molecule has 0 aliphatic carbocycles. The summed E-state index contributed by atoms with van der Waals surface area (Å²) in [7, 11) is 0. The smallest absolute Gasteiger partial charge is 0.222 e. The molecule has 4 heterocycles. The Bertz CT molecular complexity index is 900. The van der Waals surface area contributed by atoms with Crippen LogP contribution in [0.3, 0.4) is 0 Å². The summed E-state index contributed by atoms with van der Waals surface area (Å²) < 4.78 is 5.53. The van der Waals surface area contributed by atoms with Crippen LogP contribution in [0.1, 0.15) is 42.7 Å². The molecule has 3 aromatic heterocycles. The number of thiazole rings is 1. The molecule has 1 amide bonds. The quantitative estimate of drug-likeness (QED) is 0.672. The van der Waals surface area contributed by atoms with Crippen LogP contribution in [0.25, 0.3) is 10.6 Å². The molecular weight excluding hydrogens is 362 g/mol. The minimum Gasteiger partial charge on any atom is -0.425 e. The lowest BCUT2D eigenvalue weighted by molar-refractivity contribution is -0.132. The SMILES string of the molecule is Cc1nnc(C2CCN(C(=O)CCc3csc(-c4cccnc4)n3)CC2)o1. The Labute approximate surface area is 161 Å². The van der Waals surface area contributed by atoms with Crippen molar-refractivity contribution in [2.45, 2.75) is 38.5 Å². The summed E-state index contributed by atoms with van der Waals surface area (Å²) in [4.78, 5) is 23.2. The van der Waals surface area contributed by atoms with E-state index in [1.807, 2.05) is 28.6 Å². The van der Waals surface area contributed by atoms with Gasteiger partial charge in [-0.25, -0.2) is 4.98 Å². The van der Waals surface area contributed by atoms with E-state index in [-0.39, 0.29) is 11.8 Å². The van der Waals surface area contributed by atoms with Gasteiger partial charge in [0.1, 0.15) is 5.01 Å². The second-order valence-corrected chi connectivity index (χ2v) is 7.56. The minimum atomic E-state index is 0.186. The van der Waals surface area contributed by atoms with Gasteiger partial charge >= 0.3 is 0 Å². The minimum absolute atomic E-state index is 0.186.